The molecule has 0 saturated carbocycles. The first-order valence-electron chi connectivity index (χ1n) is 2.85. The van der Waals surface area contributed by atoms with Crippen LogP contribution in [0.5, 0.6) is 0 Å². The summed E-state index contributed by atoms with van der Waals surface area (Å²) in [6.45, 7) is 0. The number of rotatable bonds is 1. The number of nitrogens with one attached hydrogen (secondary N) is 1. The Kier molecular flexibility index (Phi) is 1.71. The van der Waals surface area contributed by atoms with Gasteiger partial charge in [-0.3, -0.25) is 4.79 Å². The molecule has 0 bridgehead atoms. The van der Waals surface area contributed by atoms with Crippen molar-refractivity contribution in [1.82, 2.24) is 9.97 Å². The quantitative estimate of drug-likeness (QED) is 0.576. The van der Waals surface area contributed by atoms with Gasteiger partial charge in [0.15, 0.2) is 0 Å². The van der Waals surface area contributed by atoms with Gasteiger partial charge in [0.1, 0.15) is 0 Å². The van der Waals surface area contributed by atoms with Crippen LogP contribution >= 0.6 is 0 Å². The highest BCUT2D eigenvalue weighted by atomic mass is 16.1. The largest absolute Gasteiger partial charge is 0.348 e. The number of hydrogen-bond acceptors (Lipinski definition) is 3. The van der Waals surface area contributed by atoms with Gasteiger partial charge in [-0.05, 0) is 0 Å². The molecule has 0 aromatic carbocycles. The zero-order valence-electron chi connectivity index (χ0n) is 5.88. The number of aromatic nitrogens is 2. The summed E-state index contributed by atoms with van der Waals surface area (Å²) in [4.78, 5) is 18.7. The van der Waals surface area contributed by atoms with Crippen molar-refractivity contribution < 1.29 is 0 Å². The smallest absolute Gasteiger partial charge is 0.275 e. The zero-order valence-corrected chi connectivity index (χ0v) is 5.88. The Bertz CT molecular complexity index is 266. The van der Waals surface area contributed by atoms with E-state index in [2.05, 4.69) is 16.2 Å². The van der Waals surface area contributed by atoms with E-state index in [-0.39, 0.29) is 5.56 Å². The monoisotopic (exact) mass is 138 g/mol. The van der Waals surface area contributed by atoms with Gasteiger partial charge in [0.05, 0.1) is 6.20 Å². The fraction of sp³-hybridized carbons (Fsp3) is 0.333. The molecule has 1 radical (unpaired) electrons. The van der Waals surface area contributed by atoms with Gasteiger partial charge in [-0.25, -0.2) is 0 Å². The predicted molar refractivity (Wildman–Crippen MR) is 38.0 cm³/mol. The maximum Gasteiger partial charge on any atom is 0.275 e. The standard InChI is InChI=1S/C6H8N3O/c1-9(2)6-7-4-3-5(10)8-6/h3H,1-2H3,(H,7,8,10). The van der Waals surface area contributed by atoms with E-state index >= 15 is 0 Å². The third-order valence-electron chi connectivity index (χ3n) is 1.02. The third kappa shape index (κ3) is 1.34. The first-order chi connectivity index (χ1) is 4.70. The molecule has 1 aromatic heterocycles. The molecule has 1 aromatic rings. The van der Waals surface area contributed by atoms with E-state index in [0.717, 1.165) is 0 Å². The summed E-state index contributed by atoms with van der Waals surface area (Å²) in [6.07, 6.45) is 2.57. The number of hydrogen-bond donors (Lipinski definition) is 1. The first-order valence-corrected chi connectivity index (χ1v) is 2.85. The topological polar surface area (TPSA) is 49.0 Å². The van der Waals surface area contributed by atoms with Crippen LogP contribution in [-0.4, -0.2) is 24.1 Å². The van der Waals surface area contributed by atoms with E-state index < -0.39 is 0 Å². The Hall–Kier alpha value is -1.32. The summed E-state index contributed by atoms with van der Waals surface area (Å²) < 4.78 is 0. The molecule has 4 heteroatoms. The Morgan fingerprint density at radius 2 is 2.40 bits per heavy atom. The summed E-state index contributed by atoms with van der Waals surface area (Å²) in [7, 11) is 3.60. The predicted octanol–water partition coefficient (Wildman–Crippen LogP) is -0.364. The second kappa shape index (κ2) is 2.51. The average molecular weight is 138 g/mol. The van der Waals surface area contributed by atoms with Gasteiger partial charge in [-0.15, -0.1) is 0 Å². The van der Waals surface area contributed by atoms with Crippen LogP contribution in [0.4, 0.5) is 5.95 Å². The van der Waals surface area contributed by atoms with Crippen LogP contribution in [0.15, 0.2) is 10.9 Å². The molecule has 1 N–H and O–H groups in total. The van der Waals surface area contributed by atoms with Gasteiger partial charge in [0.2, 0.25) is 5.95 Å². The fourth-order valence-electron chi connectivity index (χ4n) is 0.539. The molecule has 0 aliphatic carbocycles. The first kappa shape index (κ1) is 6.80. The van der Waals surface area contributed by atoms with Crippen molar-refractivity contribution in [3.63, 3.8) is 0 Å². The minimum atomic E-state index is -0.276. The fourth-order valence-corrected chi connectivity index (χ4v) is 0.539. The molecular weight excluding hydrogens is 130 g/mol. The highest BCUT2D eigenvalue weighted by molar-refractivity contribution is 5.23. The molecule has 0 atom stereocenters. The minimum Gasteiger partial charge on any atom is -0.348 e. The summed E-state index contributed by atoms with van der Waals surface area (Å²) in [5.41, 5.74) is -0.276. The van der Waals surface area contributed by atoms with Crippen LogP contribution in [0, 0.1) is 6.20 Å². The highest BCUT2D eigenvalue weighted by Gasteiger charge is 1.94. The van der Waals surface area contributed by atoms with Gasteiger partial charge < -0.3 is 9.88 Å². The van der Waals surface area contributed by atoms with Crippen LogP contribution in [0.25, 0.3) is 0 Å². The number of nitrogens with zero attached hydrogens (tertiary/aromatic N) is 2. The Morgan fingerprint density at radius 1 is 1.70 bits per heavy atom. The van der Waals surface area contributed by atoms with Gasteiger partial charge in [-0.2, -0.15) is 4.98 Å². The van der Waals surface area contributed by atoms with E-state index in [1.54, 1.807) is 19.0 Å². The molecule has 53 valence electrons. The molecule has 4 nitrogen and oxygen atoms in total. The van der Waals surface area contributed by atoms with Crippen LogP contribution in [0.2, 0.25) is 0 Å². The maximum absolute atomic E-state index is 10.6. The minimum absolute atomic E-state index is 0.276. The second-order valence-electron chi connectivity index (χ2n) is 2.08. The van der Waals surface area contributed by atoms with Crippen molar-refractivity contribution in [2.75, 3.05) is 19.0 Å². The molecule has 0 unspecified atom stereocenters. The average Bonchev–Trinajstić information content (AvgIpc) is 1.88. The number of aromatic amines is 1. The molecule has 0 aliphatic heterocycles. The molecular formula is C6H8N3O. The summed E-state index contributed by atoms with van der Waals surface area (Å²) in [5, 5.41) is 0. The summed E-state index contributed by atoms with van der Waals surface area (Å²) in [6, 6.07) is 1.26. The lowest BCUT2D eigenvalue weighted by atomic mass is 10.6. The Labute approximate surface area is 58.5 Å². The molecule has 0 spiro atoms. The number of anilines is 1. The third-order valence-corrected chi connectivity index (χ3v) is 1.02. The zero-order chi connectivity index (χ0) is 7.56. The van der Waals surface area contributed by atoms with Crippen LogP contribution in [0.3, 0.4) is 0 Å². The maximum atomic E-state index is 10.6. The lowest BCUT2D eigenvalue weighted by Crippen LogP contribution is -2.17. The van der Waals surface area contributed by atoms with Crippen LogP contribution in [-0.2, 0) is 0 Å². The van der Waals surface area contributed by atoms with Gasteiger partial charge in [-0.1, -0.05) is 0 Å². The van der Waals surface area contributed by atoms with E-state index in [4.69, 9.17) is 0 Å². The second-order valence-corrected chi connectivity index (χ2v) is 2.08. The van der Waals surface area contributed by atoms with Crippen molar-refractivity contribution in [1.29, 1.82) is 0 Å². The molecule has 0 fully saturated rings. The van der Waals surface area contributed by atoms with Gasteiger partial charge in [0.25, 0.3) is 5.56 Å². The van der Waals surface area contributed by atoms with E-state index in [1.807, 2.05) is 0 Å². The molecule has 0 amide bonds. The summed E-state index contributed by atoms with van der Waals surface area (Å²) in [5.74, 6) is 0.521. The molecule has 0 saturated heterocycles. The van der Waals surface area contributed by atoms with Crippen molar-refractivity contribution in [2.45, 2.75) is 0 Å². The number of H-pyrrole nitrogens is 1. The van der Waals surface area contributed by atoms with Gasteiger partial charge >= 0.3 is 0 Å². The lowest BCUT2D eigenvalue weighted by Gasteiger charge is -2.07. The van der Waals surface area contributed by atoms with Crippen molar-refractivity contribution >= 4 is 5.95 Å². The van der Waals surface area contributed by atoms with Crippen LogP contribution < -0.4 is 10.5 Å². The summed E-state index contributed by atoms with van der Waals surface area (Å²) >= 11 is 0. The molecule has 1 rings (SSSR count). The Balaban J connectivity index is 3.07. The van der Waals surface area contributed by atoms with Crippen molar-refractivity contribution in [3.8, 4) is 0 Å². The molecule has 0 aliphatic rings. The lowest BCUT2D eigenvalue weighted by molar-refractivity contribution is 0.977. The normalized spacial score (nSPS) is 9.40. The van der Waals surface area contributed by atoms with Crippen molar-refractivity contribution in [3.05, 3.63) is 22.6 Å². The Morgan fingerprint density at radius 3 is 2.80 bits per heavy atom. The van der Waals surface area contributed by atoms with E-state index in [1.165, 1.54) is 6.07 Å². The highest BCUT2D eigenvalue weighted by Crippen LogP contribution is 1.93. The SMILES string of the molecule is CN(C)c1nc(=O)c[c][nH]1. The van der Waals surface area contributed by atoms with E-state index in [9.17, 15) is 4.79 Å². The van der Waals surface area contributed by atoms with Crippen LogP contribution in [0.1, 0.15) is 0 Å². The van der Waals surface area contributed by atoms with Crippen molar-refractivity contribution in [2.24, 2.45) is 0 Å². The van der Waals surface area contributed by atoms with E-state index in [0.29, 0.717) is 5.95 Å². The van der Waals surface area contributed by atoms with Gasteiger partial charge in [0, 0.05) is 20.2 Å². The molecule has 10 heavy (non-hydrogen) atoms. The molecule has 1 heterocycles.